The van der Waals surface area contributed by atoms with E-state index in [9.17, 15) is 19.2 Å². The van der Waals surface area contributed by atoms with E-state index in [4.69, 9.17) is 9.84 Å². The van der Waals surface area contributed by atoms with Gasteiger partial charge in [-0.05, 0) is 44.4 Å². The van der Waals surface area contributed by atoms with Crippen molar-refractivity contribution in [2.45, 2.75) is 77.6 Å². The van der Waals surface area contributed by atoms with E-state index in [-0.39, 0.29) is 41.7 Å². The third kappa shape index (κ3) is 9.29. The van der Waals surface area contributed by atoms with Crippen LogP contribution in [0.1, 0.15) is 77.6 Å². The minimum Gasteiger partial charge on any atom is -0.481 e. The quantitative estimate of drug-likeness (QED) is 0.270. The van der Waals surface area contributed by atoms with Crippen LogP contribution in [0.3, 0.4) is 0 Å². The number of hydrogen-bond acceptors (Lipinski definition) is 5. The van der Waals surface area contributed by atoms with Gasteiger partial charge >= 0.3 is 11.9 Å². The fourth-order valence-electron chi connectivity index (χ4n) is 3.76. The number of carboxylic acids is 1. The Bertz CT molecular complexity index is 565. The molecule has 1 saturated carbocycles. The lowest BCUT2D eigenvalue weighted by molar-refractivity contribution is -0.145. The number of carbonyl (C=O) groups excluding carboxylic acids is 3. The second-order valence-electron chi connectivity index (χ2n) is 7.78. The van der Waals surface area contributed by atoms with Gasteiger partial charge in [0.2, 0.25) is 0 Å². The number of aliphatic carboxylic acids is 1. The molecule has 0 aromatic carbocycles. The smallest absolute Gasteiger partial charge is 0.308 e. The van der Waals surface area contributed by atoms with Crippen LogP contribution in [-0.2, 0) is 23.9 Å². The molecule has 0 radical (unpaired) electrons. The van der Waals surface area contributed by atoms with Crippen molar-refractivity contribution in [2.24, 2.45) is 17.8 Å². The van der Waals surface area contributed by atoms with E-state index in [1.54, 1.807) is 0 Å². The second-order valence-corrected chi connectivity index (χ2v) is 7.78. The average molecular weight is 395 g/mol. The average Bonchev–Trinajstić information content (AvgIpc) is 3.00. The predicted octanol–water partition coefficient (Wildman–Crippen LogP) is 4.11. The van der Waals surface area contributed by atoms with Crippen molar-refractivity contribution < 1.29 is 29.0 Å². The number of ether oxygens (including phenoxy) is 1. The highest BCUT2D eigenvalue weighted by atomic mass is 16.5. The van der Waals surface area contributed by atoms with Crippen LogP contribution in [0.2, 0.25) is 0 Å². The lowest BCUT2D eigenvalue weighted by Gasteiger charge is -2.16. The van der Waals surface area contributed by atoms with Crippen LogP contribution in [0.15, 0.2) is 12.2 Å². The molecule has 1 aliphatic carbocycles. The molecule has 0 saturated heterocycles. The first-order valence-corrected chi connectivity index (χ1v) is 10.3. The Hall–Kier alpha value is -1.98. The van der Waals surface area contributed by atoms with Gasteiger partial charge in [-0.1, -0.05) is 25.5 Å². The van der Waals surface area contributed by atoms with Gasteiger partial charge in [0.25, 0.3) is 0 Å². The van der Waals surface area contributed by atoms with Crippen LogP contribution in [-0.4, -0.2) is 35.7 Å². The van der Waals surface area contributed by atoms with Gasteiger partial charge in [0, 0.05) is 31.6 Å². The van der Waals surface area contributed by atoms with Crippen LogP contribution < -0.4 is 0 Å². The topological polar surface area (TPSA) is 97.7 Å². The van der Waals surface area contributed by atoms with Crippen LogP contribution >= 0.6 is 0 Å². The van der Waals surface area contributed by atoms with Crippen molar-refractivity contribution in [3.05, 3.63) is 12.2 Å². The number of methoxy groups -OCH3 is 1. The van der Waals surface area contributed by atoms with Crippen LogP contribution in [0.25, 0.3) is 0 Å². The molecule has 3 atom stereocenters. The zero-order valence-electron chi connectivity index (χ0n) is 17.2. The summed E-state index contributed by atoms with van der Waals surface area (Å²) < 4.78 is 4.70. The van der Waals surface area contributed by atoms with E-state index < -0.39 is 5.97 Å². The summed E-state index contributed by atoms with van der Waals surface area (Å²) in [5.41, 5.74) is 0. The van der Waals surface area contributed by atoms with Gasteiger partial charge in [0.05, 0.1) is 13.0 Å². The molecule has 1 N–H and O–H groups in total. The lowest BCUT2D eigenvalue weighted by atomic mass is 9.87. The molecule has 28 heavy (non-hydrogen) atoms. The summed E-state index contributed by atoms with van der Waals surface area (Å²) >= 11 is 0. The third-order valence-electron chi connectivity index (χ3n) is 5.50. The Morgan fingerprint density at radius 3 is 2.61 bits per heavy atom. The molecule has 158 valence electrons. The minimum atomic E-state index is -0.794. The largest absolute Gasteiger partial charge is 0.481 e. The van der Waals surface area contributed by atoms with E-state index in [0.717, 1.165) is 25.7 Å². The molecule has 1 aliphatic rings. The van der Waals surface area contributed by atoms with Gasteiger partial charge in [-0.2, -0.15) is 0 Å². The molecule has 0 aromatic rings. The molecule has 1 rings (SSSR count). The number of carbonyl (C=O) groups is 4. The van der Waals surface area contributed by atoms with Gasteiger partial charge in [-0.15, -0.1) is 0 Å². The monoisotopic (exact) mass is 394 g/mol. The van der Waals surface area contributed by atoms with Crippen molar-refractivity contribution in [1.82, 2.24) is 0 Å². The molecule has 6 nitrogen and oxygen atoms in total. The number of Topliss-reactive ketones (excluding diaryl/α,β-unsaturated/α-hetero) is 2. The molecule has 0 aromatic heterocycles. The van der Waals surface area contributed by atoms with Gasteiger partial charge in [-0.25, -0.2) is 0 Å². The zero-order chi connectivity index (χ0) is 20.9. The summed E-state index contributed by atoms with van der Waals surface area (Å²) in [7, 11) is 1.38. The number of allylic oxidation sites excluding steroid dienone is 2. The number of hydrogen-bond donors (Lipinski definition) is 1. The van der Waals surface area contributed by atoms with E-state index in [0.29, 0.717) is 38.5 Å². The molecular weight excluding hydrogens is 360 g/mol. The number of carboxylic acid groups (broad SMARTS) is 1. The summed E-state index contributed by atoms with van der Waals surface area (Å²) in [5, 5.41) is 8.61. The molecule has 0 heterocycles. The number of rotatable bonds is 14. The SMILES string of the molecule is COC(=O)C(C)CCCCC(=O)C[C@H]1CCC(=O)[C@H]1CC=CCCCC(=O)O. The fraction of sp³-hybridized carbons (Fsp3) is 0.727. The maximum Gasteiger partial charge on any atom is 0.308 e. The highest BCUT2D eigenvalue weighted by Crippen LogP contribution is 2.34. The normalized spacial score (nSPS) is 20.4. The Kier molecular flexibility index (Phi) is 11.4. The number of ketones is 2. The summed E-state index contributed by atoms with van der Waals surface area (Å²) in [5.74, 6) is -0.677. The van der Waals surface area contributed by atoms with Gasteiger partial charge in [0.1, 0.15) is 11.6 Å². The Morgan fingerprint density at radius 2 is 1.93 bits per heavy atom. The highest BCUT2D eigenvalue weighted by Gasteiger charge is 2.34. The van der Waals surface area contributed by atoms with E-state index >= 15 is 0 Å². The van der Waals surface area contributed by atoms with Crippen molar-refractivity contribution in [3.8, 4) is 0 Å². The predicted molar refractivity (Wildman–Crippen MR) is 106 cm³/mol. The lowest BCUT2D eigenvalue weighted by Crippen LogP contribution is -2.17. The van der Waals surface area contributed by atoms with Gasteiger partial charge in [-0.3, -0.25) is 19.2 Å². The van der Waals surface area contributed by atoms with Crippen molar-refractivity contribution in [1.29, 1.82) is 0 Å². The van der Waals surface area contributed by atoms with Crippen molar-refractivity contribution in [3.63, 3.8) is 0 Å². The molecule has 1 fully saturated rings. The first kappa shape index (κ1) is 24.1. The van der Waals surface area contributed by atoms with Crippen molar-refractivity contribution in [2.75, 3.05) is 7.11 Å². The number of esters is 1. The van der Waals surface area contributed by atoms with Crippen LogP contribution in [0, 0.1) is 17.8 Å². The van der Waals surface area contributed by atoms with Crippen LogP contribution in [0.5, 0.6) is 0 Å². The minimum absolute atomic E-state index is 0.0842. The standard InChI is InChI=1S/C22H34O6/c1-16(22(27)28-2)9-7-8-10-18(23)15-17-13-14-20(24)19(17)11-5-3-4-6-12-21(25)26/h3,5,16-17,19H,4,6-15H2,1-2H3,(H,25,26)/t16?,17-,19+/m1/s1. The third-order valence-corrected chi connectivity index (χ3v) is 5.50. The fourth-order valence-corrected chi connectivity index (χ4v) is 3.76. The molecule has 0 bridgehead atoms. The molecule has 6 heteroatoms. The zero-order valence-corrected chi connectivity index (χ0v) is 17.2. The Balaban J connectivity index is 2.29. The number of unbranched alkanes of at least 4 members (excludes halogenated alkanes) is 2. The molecule has 1 unspecified atom stereocenters. The van der Waals surface area contributed by atoms with E-state index in [1.807, 2.05) is 19.1 Å². The van der Waals surface area contributed by atoms with Crippen LogP contribution in [0.4, 0.5) is 0 Å². The Morgan fingerprint density at radius 1 is 1.18 bits per heavy atom. The summed E-state index contributed by atoms with van der Waals surface area (Å²) in [4.78, 5) is 46.3. The van der Waals surface area contributed by atoms with Gasteiger partial charge in [0.15, 0.2) is 0 Å². The van der Waals surface area contributed by atoms with E-state index in [2.05, 4.69) is 0 Å². The van der Waals surface area contributed by atoms with E-state index in [1.165, 1.54) is 7.11 Å². The highest BCUT2D eigenvalue weighted by molar-refractivity contribution is 5.85. The second kappa shape index (κ2) is 13.2. The van der Waals surface area contributed by atoms with Gasteiger partial charge < -0.3 is 9.84 Å². The molecular formula is C22H34O6. The Labute approximate surface area is 167 Å². The first-order valence-electron chi connectivity index (χ1n) is 10.3. The summed E-state index contributed by atoms with van der Waals surface area (Å²) in [6.45, 7) is 1.83. The molecule has 0 aliphatic heterocycles. The van der Waals surface area contributed by atoms with Crippen molar-refractivity contribution >= 4 is 23.5 Å². The first-order chi connectivity index (χ1) is 13.3. The maximum absolute atomic E-state index is 12.3. The summed E-state index contributed by atoms with van der Waals surface area (Å²) in [6, 6.07) is 0. The molecule has 0 spiro atoms. The molecule has 0 amide bonds. The summed E-state index contributed by atoms with van der Waals surface area (Å²) in [6.07, 6.45) is 10.6. The maximum atomic E-state index is 12.3.